The first-order valence-electron chi connectivity index (χ1n) is 4.55. The number of sulfone groups is 1. The first kappa shape index (κ1) is 10.9. The van der Waals surface area contributed by atoms with Gasteiger partial charge in [0.25, 0.3) is 0 Å². The van der Waals surface area contributed by atoms with Crippen molar-refractivity contribution < 1.29 is 13.5 Å². The second kappa shape index (κ2) is 3.20. The molecular weight excluding hydrogens is 236 g/mol. The van der Waals surface area contributed by atoms with E-state index in [0.29, 0.717) is 23.4 Å². The van der Waals surface area contributed by atoms with E-state index >= 15 is 0 Å². The van der Waals surface area contributed by atoms with Crippen LogP contribution in [0, 0.1) is 0 Å². The van der Waals surface area contributed by atoms with E-state index in [-0.39, 0.29) is 4.90 Å². The third kappa shape index (κ3) is 2.02. The molecule has 0 spiro atoms. The van der Waals surface area contributed by atoms with Crippen LogP contribution < -0.4 is 0 Å². The Hall–Kier alpha value is -0.580. The van der Waals surface area contributed by atoms with Gasteiger partial charge in [-0.25, -0.2) is 8.42 Å². The molecule has 0 radical (unpaired) electrons. The van der Waals surface area contributed by atoms with Crippen molar-refractivity contribution in [1.29, 1.82) is 0 Å². The van der Waals surface area contributed by atoms with Crippen molar-refractivity contribution in [3.05, 3.63) is 28.8 Å². The number of rotatable bonds is 2. The molecular formula is C10H11ClO3S. The van der Waals surface area contributed by atoms with Crippen LogP contribution in [0.2, 0.25) is 5.02 Å². The van der Waals surface area contributed by atoms with Gasteiger partial charge in [-0.15, -0.1) is 0 Å². The van der Waals surface area contributed by atoms with Crippen molar-refractivity contribution in [2.24, 2.45) is 0 Å². The zero-order chi connectivity index (χ0) is 11.3. The van der Waals surface area contributed by atoms with Gasteiger partial charge in [-0.2, -0.15) is 0 Å². The van der Waals surface area contributed by atoms with E-state index in [0.717, 1.165) is 6.26 Å². The summed E-state index contributed by atoms with van der Waals surface area (Å²) in [7, 11) is -3.31. The largest absolute Gasteiger partial charge is 0.385 e. The number of aliphatic hydroxyl groups is 1. The molecule has 0 heterocycles. The first-order chi connectivity index (χ1) is 6.83. The van der Waals surface area contributed by atoms with Crippen LogP contribution in [-0.2, 0) is 15.4 Å². The minimum atomic E-state index is -3.31. The summed E-state index contributed by atoms with van der Waals surface area (Å²) in [4.78, 5) is 0.173. The first-order valence-corrected chi connectivity index (χ1v) is 6.82. The molecule has 1 aliphatic rings. The summed E-state index contributed by atoms with van der Waals surface area (Å²) in [6.45, 7) is 0. The van der Waals surface area contributed by atoms with Gasteiger partial charge >= 0.3 is 0 Å². The standard InChI is InChI=1S/C10H11ClO3S/c1-15(13,14)9-3-2-7(11)6-8(9)10(12)4-5-10/h2-3,6,12H,4-5H2,1H3. The summed E-state index contributed by atoms with van der Waals surface area (Å²) in [6.07, 6.45) is 2.32. The average Bonchev–Trinajstić information content (AvgIpc) is 2.83. The topological polar surface area (TPSA) is 54.4 Å². The van der Waals surface area contributed by atoms with Gasteiger partial charge in [0.2, 0.25) is 0 Å². The molecule has 15 heavy (non-hydrogen) atoms. The minimum Gasteiger partial charge on any atom is -0.385 e. The maximum absolute atomic E-state index is 11.5. The highest BCUT2D eigenvalue weighted by Gasteiger charge is 2.44. The molecule has 1 aromatic rings. The highest BCUT2D eigenvalue weighted by molar-refractivity contribution is 7.90. The lowest BCUT2D eigenvalue weighted by Gasteiger charge is -2.13. The zero-order valence-corrected chi connectivity index (χ0v) is 9.77. The van der Waals surface area contributed by atoms with Crippen molar-refractivity contribution in [2.45, 2.75) is 23.3 Å². The second-order valence-electron chi connectivity index (χ2n) is 3.94. The van der Waals surface area contributed by atoms with Crippen molar-refractivity contribution in [1.82, 2.24) is 0 Å². The van der Waals surface area contributed by atoms with Crippen LogP contribution in [0.3, 0.4) is 0 Å². The predicted molar refractivity (Wildman–Crippen MR) is 57.7 cm³/mol. The monoisotopic (exact) mass is 246 g/mol. The molecule has 0 saturated heterocycles. The van der Waals surface area contributed by atoms with Gasteiger partial charge in [-0.1, -0.05) is 11.6 Å². The molecule has 0 unspecified atom stereocenters. The summed E-state index contributed by atoms with van der Waals surface area (Å²) in [5.74, 6) is 0. The molecule has 2 rings (SSSR count). The fraction of sp³-hybridized carbons (Fsp3) is 0.400. The molecule has 1 saturated carbocycles. The fourth-order valence-corrected chi connectivity index (χ4v) is 2.71. The van der Waals surface area contributed by atoms with Crippen LogP contribution in [0.5, 0.6) is 0 Å². The van der Waals surface area contributed by atoms with Crippen molar-refractivity contribution in [2.75, 3.05) is 6.26 Å². The summed E-state index contributed by atoms with van der Waals surface area (Å²) in [5, 5.41) is 10.4. The Balaban J connectivity index is 2.65. The fourth-order valence-electron chi connectivity index (χ4n) is 1.58. The quantitative estimate of drug-likeness (QED) is 0.865. The van der Waals surface area contributed by atoms with Gasteiger partial charge in [0.1, 0.15) is 0 Å². The summed E-state index contributed by atoms with van der Waals surface area (Å²) >= 11 is 5.79. The van der Waals surface area contributed by atoms with Gasteiger partial charge < -0.3 is 5.11 Å². The number of hydrogen-bond acceptors (Lipinski definition) is 3. The maximum Gasteiger partial charge on any atom is 0.175 e. The Morgan fingerprint density at radius 2 is 2.00 bits per heavy atom. The van der Waals surface area contributed by atoms with Gasteiger partial charge in [-0.05, 0) is 31.0 Å². The third-order valence-electron chi connectivity index (χ3n) is 2.57. The van der Waals surface area contributed by atoms with Crippen LogP contribution in [0.1, 0.15) is 18.4 Å². The van der Waals surface area contributed by atoms with E-state index in [9.17, 15) is 13.5 Å². The van der Waals surface area contributed by atoms with Crippen LogP contribution in [0.4, 0.5) is 0 Å². The lowest BCUT2D eigenvalue weighted by atomic mass is 10.1. The van der Waals surface area contributed by atoms with Gasteiger partial charge in [0.15, 0.2) is 9.84 Å². The Morgan fingerprint density at radius 3 is 2.47 bits per heavy atom. The number of benzene rings is 1. The van der Waals surface area contributed by atoms with Gasteiger partial charge in [-0.3, -0.25) is 0 Å². The van der Waals surface area contributed by atoms with Crippen LogP contribution in [-0.4, -0.2) is 19.8 Å². The Labute approximate surface area is 93.6 Å². The molecule has 0 bridgehead atoms. The molecule has 82 valence electrons. The molecule has 3 nitrogen and oxygen atoms in total. The van der Waals surface area contributed by atoms with Crippen molar-refractivity contribution in [3.8, 4) is 0 Å². The van der Waals surface area contributed by atoms with E-state index in [4.69, 9.17) is 11.6 Å². The SMILES string of the molecule is CS(=O)(=O)c1ccc(Cl)cc1C1(O)CC1. The zero-order valence-electron chi connectivity index (χ0n) is 8.20. The predicted octanol–water partition coefficient (Wildman–Crippen LogP) is 1.72. The molecule has 1 N–H and O–H groups in total. The Kier molecular flexibility index (Phi) is 2.33. The number of halogens is 1. The molecule has 1 aliphatic carbocycles. The lowest BCUT2D eigenvalue weighted by molar-refractivity contribution is 0.148. The Bertz CT molecular complexity index is 503. The molecule has 5 heteroatoms. The van der Waals surface area contributed by atoms with E-state index in [2.05, 4.69) is 0 Å². The third-order valence-corrected chi connectivity index (χ3v) is 3.96. The molecule has 0 amide bonds. The molecule has 0 aromatic heterocycles. The summed E-state index contributed by atoms with van der Waals surface area (Å²) < 4.78 is 23.0. The highest BCUT2D eigenvalue weighted by atomic mass is 35.5. The van der Waals surface area contributed by atoms with E-state index in [1.165, 1.54) is 18.2 Å². The molecule has 1 aromatic carbocycles. The van der Waals surface area contributed by atoms with E-state index in [1.807, 2.05) is 0 Å². The van der Waals surface area contributed by atoms with E-state index < -0.39 is 15.4 Å². The van der Waals surface area contributed by atoms with Crippen LogP contribution >= 0.6 is 11.6 Å². The Morgan fingerprint density at radius 1 is 1.40 bits per heavy atom. The molecule has 1 fully saturated rings. The lowest BCUT2D eigenvalue weighted by Crippen LogP contribution is -2.11. The summed E-state index contributed by atoms with van der Waals surface area (Å²) in [5.41, 5.74) is -0.555. The number of hydrogen-bond donors (Lipinski definition) is 1. The molecule has 0 aliphatic heterocycles. The highest BCUT2D eigenvalue weighted by Crippen LogP contribution is 2.48. The normalized spacial score (nSPS) is 18.9. The van der Waals surface area contributed by atoms with Crippen LogP contribution in [0.15, 0.2) is 23.1 Å². The smallest absolute Gasteiger partial charge is 0.175 e. The second-order valence-corrected chi connectivity index (χ2v) is 6.36. The minimum absolute atomic E-state index is 0.173. The van der Waals surface area contributed by atoms with Crippen LogP contribution in [0.25, 0.3) is 0 Å². The van der Waals surface area contributed by atoms with Gasteiger partial charge in [0, 0.05) is 16.8 Å². The molecule has 0 atom stereocenters. The van der Waals surface area contributed by atoms with Crippen molar-refractivity contribution >= 4 is 21.4 Å². The summed E-state index contributed by atoms with van der Waals surface area (Å²) in [6, 6.07) is 4.50. The maximum atomic E-state index is 11.5. The van der Waals surface area contributed by atoms with Gasteiger partial charge in [0.05, 0.1) is 10.5 Å². The van der Waals surface area contributed by atoms with E-state index in [1.54, 1.807) is 0 Å². The average molecular weight is 247 g/mol. The van der Waals surface area contributed by atoms with Crippen molar-refractivity contribution in [3.63, 3.8) is 0 Å².